The second kappa shape index (κ2) is 4.80. The highest BCUT2D eigenvalue weighted by Crippen LogP contribution is 2.35. The molecule has 0 fully saturated rings. The van der Waals surface area contributed by atoms with E-state index in [-0.39, 0.29) is 0 Å². The smallest absolute Gasteiger partial charge is 0.301 e. The van der Waals surface area contributed by atoms with Gasteiger partial charge in [0.15, 0.2) is 0 Å². The molecule has 6 heteroatoms. The average Bonchev–Trinajstić information content (AvgIpc) is 2.28. The van der Waals surface area contributed by atoms with Crippen LogP contribution in [0.15, 0.2) is 24.3 Å². The second-order valence-corrected chi connectivity index (χ2v) is 4.73. The highest BCUT2D eigenvalue weighted by molar-refractivity contribution is 8.05. The summed E-state index contributed by atoms with van der Waals surface area (Å²) in [4.78, 5) is 10.9. The lowest BCUT2D eigenvalue weighted by Gasteiger charge is -2.19. The number of carbonyl (C=O) groups excluding carboxylic acids is 1. The first-order chi connectivity index (χ1) is 7.83. The molecule has 0 heterocycles. The lowest BCUT2D eigenvalue weighted by Crippen LogP contribution is -2.18. The molecular weight excluding hydrogens is 251 g/mol. The summed E-state index contributed by atoms with van der Waals surface area (Å²) >= 11 is 0.701. The molecule has 1 unspecified atom stereocenters. The van der Waals surface area contributed by atoms with Gasteiger partial charge in [-0.3, -0.25) is 0 Å². The number of hydrogen-bond acceptors (Lipinski definition) is 3. The van der Waals surface area contributed by atoms with Crippen molar-refractivity contribution in [3.63, 3.8) is 0 Å². The predicted molar refractivity (Wildman–Crippen MR) is 58.1 cm³/mol. The summed E-state index contributed by atoms with van der Waals surface area (Å²) in [5, 5.41) is 10.3. The summed E-state index contributed by atoms with van der Waals surface area (Å²) in [7, 11) is 0. The van der Waals surface area contributed by atoms with Gasteiger partial charge in [-0.2, -0.15) is 18.4 Å². The van der Waals surface area contributed by atoms with Crippen LogP contribution < -0.4 is 0 Å². The van der Waals surface area contributed by atoms with Crippen molar-refractivity contribution in [2.24, 2.45) is 0 Å². The Morgan fingerprint density at radius 1 is 1.24 bits per heavy atom. The molecule has 0 amide bonds. The van der Waals surface area contributed by atoms with E-state index in [0.29, 0.717) is 23.6 Å². The van der Waals surface area contributed by atoms with Crippen molar-refractivity contribution in [1.29, 1.82) is 5.26 Å². The second-order valence-electron chi connectivity index (χ2n) is 3.49. The van der Waals surface area contributed by atoms with Crippen molar-refractivity contribution in [2.75, 3.05) is 0 Å². The number of alkyl halides is 3. The summed E-state index contributed by atoms with van der Waals surface area (Å²) in [5.41, 5.74) is -0.413. The quantitative estimate of drug-likeness (QED) is 0.617. The third kappa shape index (κ3) is 3.01. The molecule has 0 aliphatic rings. The van der Waals surface area contributed by atoms with Gasteiger partial charge in [-0.05, 0) is 36.4 Å². The Kier molecular flexibility index (Phi) is 3.83. The van der Waals surface area contributed by atoms with Gasteiger partial charge >= 0.3 is 6.18 Å². The minimum absolute atomic E-state index is 0.368. The Labute approximate surface area is 100 Å². The Hall–Kier alpha value is -1.48. The average molecular weight is 259 g/mol. The topological polar surface area (TPSA) is 40.9 Å². The number of nitrogens with zero attached hydrogens (tertiary/aromatic N) is 1. The van der Waals surface area contributed by atoms with Crippen LogP contribution in [0.5, 0.6) is 0 Å². The fraction of sp³-hybridized carbons (Fsp3) is 0.273. The van der Waals surface area contributed by atoms with E-state index in [2.05, 4.69) is 0 Å². The van der Waals surface area contributed by atoms with Gasteiger partial charge in [0, 0.05) is 0 Å². The number of hydrogen-bond donors (Lipinski definition) is 0. The summed E-state index contributed by atoms with van der Waals surface area (Å²) in [6.45, 7) is 1.48. The molecule has 2 nitrogen and oxygen atoms in total. The number of thioether (sulfide) groups is 1. The SMILES string of the molecule is CC(C=O)(SC#N)c1ccc(C(F)(F)F)cc1. The third-order valence-electron chi connectivity index (χ3n) is 2.27. The van der Waals surface area contributed by atoms with Crippen LogP contribution in [0.3, 0.4) is 0 Å². The van der Waals surface area contributed by atoms with E-state index in [0.717, 1.165) is 12.1 Å². The maximum atomic E-state index is 12.3. The zero-order valence-electron chi connectivity index (χ0n) is 8.78. The van der Waals surface area contributed by atoms with Crippen molar-refractivity contribution < 1.29 is 18.0 Å². The number of carbonyl (C=O) groups is 1. The fourth-order valence-corrected chi connectivity index (χ4v) is 1.73. The van der Waals surface area contributed by atoms with Crippen LogP contribution in [-0.4, -0.2) is 6.29 Å². The number of aldehydes is 1. The van der Waals surface area contributed by atoms with Crippen LogP contribution in [0.1, 0.15) is 18.1 Å². The molecule has 1 aromatic carbocycles. The number of benzene rings is 1. The normalized spacial score (nSPS) is 14.8. The molecule has 0 aliphatic carbocycles. The minimum Gasteiger partial charge on any atom is -0.301 e. The molecule has 90 valence electrons. The van der Waals surface area contributed by atoms with E-state index in [1.807, 2.05) is 0 Å². The van der Waals surface area contributed by atoms with E-state index in [1.165, 1.54) is 19.1 Å². The van der Waals surface area contributed by atoms with Crippen molar-refractivity contribution in [3.05, 3.63) is 35.4 Å². The van der Waals surface area contributed by atoms with Crippen LogP contribution in [0.2, 0.25) is 0 Å². The van der Waals surface area contributed by atoms with Crippen molar-refractivity contribution in [1.82, 2.24) is 0 Å². The van der Waals surface area contributed by atoms with Crippen LogP contribution in [0.4, 0.5) is 13.2 Å². The molecule has 0 N–H and O–H groups in total. The molecule has 1 atom stereocenters. The fourth-order valence-electron chi connectivity index (χ4n) is 1.24. The van der Waals surface area contributed by atoms with Gasteiger partial charge in [0.05, 0.1) is 5.56 Å². The van der Waals surface area contributed by atoms with Gasteiger partial charge in [-0.15, -0.1) is 0 Å². The van der Waals surface area contributed by atoms with E-state index >= 15 is 0 Å². The minimum atomic E-state index is -4.40. The molecule has 0 saturated carbocycles. The first-order valence-corrected chi connectivity index (χ1v) is 5.36. The van der Waals surface area contributed by atoms with Crippen LogP contribution in [0, 0.1) is 10.7 Å². The van der Waals surface area contributed by atoms with Crippen molar-refractivity contribution >= 4 is 18.0 Å². The molecular formula is C11H8F3NOS. The number of nitriles is 1. The zero-order chi connectivity index (χ0) is 13.1. The van der Waals surface area contributed by atoms with E-state index in [4.69, 9.17) is 5.26 Å². The summed E-state index contributed by atoms with van der Waals surface area (Å²) in [6.07, 6.45) is -3.86. The number of rotatable bonds is 3. The Bertz CT molecular complexity index is 449. The van der Waals surface area contributed by atoms with E-state index in [1.54, 1.807) is 5.40 Å². The van der Waals surface area contributed by atoms with Crippen LogP contribution >= 0.6 is 11.8 Å². The first-order valence-electron chi connectivity index (χ1n) is 4.54. The van der Waals surface area contributed by atoms with Gasteiger partial charge in [0.25, 0.3) is 0 Å². The predicted octanol–water partition coefficient (Wildman–Crippen LogP) is 3.33. The molecule has 1 aromatic rings. The molecule has 17 heavy (non-hydrogen) atoms. The van der Waals surface area contributed by atoms with Crippen LogP contribution in [-0.2, 0) is 15.7 Å². The summed E-state index contributed by atoms with van der Waals surface area (Å²) in [5.74, 6) is 0. The van der Waals surface area contributed by atoms with Gasteiger partial charge < -0.3 is 4.79 Å². The van der Waals surface area contributed by atoms with E-state index < -0.39 is 16.5 Å². The maximum absolute atomic E-state index is 12.3. The standard InChI is InChI=1S/C11H8F3NOS/c1-10(6-16,17-7-15)8-2-4-9(5-3-8)11(12,13)14/h2-6H,1H3. The third-order valence-corrected chi connectivity index (χ3v) is 3.12. The Morgan fingerprint density at radius 3 is 2.06 bits per heavy atom. The Balaban J connectivity index is 3.10. The van der Waals surface area contributed by atoms with Gasteiger partial charge in [0.1, 0.15) is 16.4 Å². The molecule has 0 aliphatic heterocycles. The molecule has 1 rings (SSSR count). The van der Waals surface area contributed by atoms with E-state index in [9.17, 15) is 18.0 Å². The van der Waals surface area contributed by atoms with Gasteiger partial charge in [-0.1, -0.05) is 12.1 Å². The molecule has 0 radical (unpaired) electrons. The molecule has 0 saturated heterocycles. The zero-order valence-corrected chi connectivity index (χ0v) is 9.60. The van der Waals surface area contributed by atoms with Crippen molar-refractivity contribution in [2.45, 2.75) is 17.8 Å². The molecule has 0 bridgehead atoms. The van der Waals surface area contributed by atoms with Crippen LogP contribution in [0.25, 0.3) is 0 Å². The highest BCUT2D eigenvalue weighted by Gasteiger charge is 2.32. The largest absolute Gasteiger partial charge is 0.416 e. The van der Waals surface area contributed by atoms with Gasteiger partial charge in [0.2, 0.25) is 0 Å². The lowest BCUT2D eigenvalue weighted by atomic mass is 10.0. The molecule has 0 aromatic heterocycles. The highest BCUT2D eigenvalue weighted by atomic mass is 32.2. The number of halogens is 3. The lowest BCUT2D eigenvalue weighted by molar-refractivity contribution is -0.137. The summed E-state index contributed by atoms with van der Waals surface area (Å²) < 4.78 is 35.8. The summed E-state index contributed by atoms with van der Waals surface area (Å²) in [6, 6.07) is 4.22. The Morgan fingerprint density at radius 2 is 1.71 bits per heavy atom. The first kappa shape index (κ1) is 13.6. The maximum Gasteiger partial charge on any atom is 0.416 e. The van der Waals surface area contributed by atoms with Crippen molar-refractivity contribution in [3.8, 4) is 5.40 Å². The monoisotopic (exact) mass is 259 g/mol. The van der Waals surface area contributed by atoms with Gasteiger partial charge in [-0.25, -0.2) is 0 Å². The molecule has 0 spiro atoms. The number of thiocyanates is 1.